The molecule has 0 amide bonds. The van der Waals surface area contributed by atoms with E-state index in [1.54, 1.807) is 6.20 Å². The van der Waals surface area contributed by atoms with Crippen LogP contribution in [0, 0.1) is 0 Å². The Kier molecular flexibility index (Phi) is 2.53. The summed E-state index contributed by atoms with van der Waals surface area (Å²) in [4.78, 5) is 0. The van der Waals surface area contributed by atoms with Crippen LogP contribution in [0.2, 0.25) is 0 Å². The lowest BCUT2D eigenvalue weighted by Gasteiger charge is -2.09. The third kappa shape index (κ3) is 1.92. The smallest absolute Gasteiger partial charge is 0.130 e. The molecule has 1 aliphatic heterocycles. The summed E-state index contributed by atoms with van der Waals surface area (Å²) in [6.45, 7) is 2.15. The Labute approximate surface area is 75.5 Å². The molecule has 1 atom stereocenters. The fourth-order valence-corrected chi connectivity index (χ4v) is 1.82. The molecule has 0 aromatic carbocycles. The van der Waals surface area contributed by atoms with Crippen molar-refractivity contribution in [3.8, 4) is 0 Å². The Hall–Kier alpha value is -0.680. The predicted octanol–water partition coefficient (Wildman–Crippen LogP) is 0.702. The summed E-state index contributed by atoms with van der Waals surface area (Å²) in [6.07, 6.45) is 4.34. The van der Waals surface area contributed by atoms with Gasteiger partial charge in [-0.3, -0.25) is 0 Å². The van der Waals surface area contributed by atoms with Gasteiger partial charge in [-0.25, -0.2) is 0 Å². The molecule has 4 nitrogen and oxygen atoms in total. The molecule has 1 aliphatic rings. The van der Waals surface area contributed by atoms with Crippen molar-refractivity contribution in [1.82, 2.24) is 14.9 Å². The van der Waals surface area contributed by atoms with E-state index in [0.29, 0.717) is 6.04 Å². The van der Waals surface area contributed by atoms with Crippen molar-refractivity contribution in [2.24, 2.45) is 0 Å². The van der Waals surface area contributed by atoms with Gasteiger partial charge in [0.2, 0.25) is 0 Å². The van der Waals surface area contributed by atoms with Crippen LogP contribution in [0.15, 0.2) is 6.20 Å². The molecule has 12 heavy (non-hydrogen) atoms. The van der Waals surface area contributed by atoms with Crippen molar-refractivity contribution >= 4 is 16.5 Å². The van der Waals surface area contributed by atoms with E-state index in [1.165, 1.54) is 24.4 Å². The van der Waals surface area contributed by atoms with Gasteiger partial charge in [-0.2, -0.15) is 0 Å². The number of rotatable bonds is 3. The number of hydrogen-bond acceptors (Lipinski definition) is 5. The molecule has 0 radical (unpaired) electrons. The van der Waals surface area contributed by atoms with Crippen LogP contribution in [0.25, 0.3) is 0 Å². The molecular weight excluding hydrogens is 172 g/mol. The van der Waals surface area contributed by atoms with Crippen LogP contribution in [-0.4, -0.2) is 28.7 Å². The minimum absolute atomic E-state index is 0.632. The number of nitrogens with one attached hydrogen (secondary N) is 2. The lowest BCUT2D eigenvalue weighted by molar-refractivity contribution is 0.634. The van der Waals surface area contributed by atoms with Crippen molar-refractivity contribution in [2.75, 3.05) is 18.4 Å². The summed E-state index contributed by atoms with van der Waals surface area (Å²) >= 11 is 1.41. The zero-order chi connectivity index (χ0) is 8.23. The maximum atomic E-state index is 3.78. The molecule has 1 aromatic rings. The Balaban J connectivity index is 1.74. The van der Waals surface area contributed by atoms with Crippen LogP contribution in [-0.2, 0) is 0 Å². The van der Waals surface area contributed by atoms with Gasteiger partial charge in [-0.05, 0) is 19.4 Å². The highest BCUT2D eigenvalue weighted by Gasteiger charge is 2.13. The molecule has 0 spiro atoms. The Morgan fingerprint density at radius 3 is 3.42 bits per heavy atom. The van der Waals surface area contributed by atoms with E-state index in [4.69, 9.17) is 0 Å². The lowest BCUT2D eigenvalue weighted by Crippen LogP contribution is -2.29. The average molecular weight is 184 g/mol. The minimum atomic E-state index is 0.632. The Bertz CT molecular complexity index is 217. The van der Waals surface area contributed by atoms with Crippen LogP contribution in [0.5, 0.6) is 0 Å². The molecule has 0 aliphatic carbocycles. The predicted molar refractivity (Wildman–Crippen MR) is 49.4 cm³/mol. The molecule has 1 fully saturated rings. The third-order valence-electron chi connectivity index (χ3n) is 2.05. The molecular formula is C7H12N4S. The van der Waals surface area contributed by atoms with Crippen molar-refractivity contribution in [1.29, 1.82) is 0 Å². The van der Waals surface area contributed by atoms with Gasteiger partial charge in [-0.15, -0.1) is 5.10 Å². The Morgan fingerprint density at radius 1 is 1.75 bits per heavy atom. The first-order valence-corrected chi connectivity index (χ1v) is 4.97. The fraction of sp³-hybridized carbons (Fsp3) is 0.714. The van der Waals surface area contributed by atoms with Gasteiger partial charge in [0, 0.05) is 24.1 Å². The van der Waals surface area contributed by atoms with Crippen LogP contribution >= 0.6 is 11.5 Å². The molecule has 2 rings (SSSR count). The quantitative estimate of drug-likeness (QED) is 0.726. The van der Waals surface area contributed by atoms with Crippen LogP contribution in [0.1, 0.15) is 12.8 Å². The molecule has 1 unspecified atom stereocenters. The lowest BCUT2D eigenvalue weighted by atomic mass is 10.2. The molecule has 0 saturated carbocycles. The second-order valence-electron chi connectivity index (χ2n) is 2.96. The summed E-state index contributed by atoms with van der Waals surface area (Å²) in [5.41, 5.74) is 0. The number of anilines is 1. The third-order valence-corrected chi connectivity index (χ3v) is 2.67. The average Bonchev–Trinajstić information content (AvgIpc) is 2.74. The van der Waals surface area contributed by atoms with Crippen LogP contribution < -0.4 is 10.6 Å². The van der Waals surface area contributed by atoms with Crippen molar-refractivity contribution in [3.63, 3.8) is 0 Å². The highest BCUT2D eigenvalue weighted by atomic mass is 32.1. The van der Waals surface area contributed by atoms with Crippen molar-refractivity contribution in [3.05, 3.63) is 6.20 Å². The van der Waals surface area contributed by atoms with E-state index in [2.05, 4.69) is 20.2 Å². The maximum Gasteiger partial charge on any atom is 0.130 e. The molecule has 5 heteroatoms. The second-order valence-corrected chi connectivity index (χ2v) is 3.74. The standard InChI is InChI=1S/C7H12N4S/c1-2-6(8-3-1)4-9-7-5-10-11-12-7/h5-6,8-9H,1-4H2. The number of aromatic nitrogens is 2. The molecule has 2 N–H and O–H groups in total. The molecule has 1 aromatic heterocycles. The fourth-order valence-electron chi connectivity index (χ4n) is 1.40. The van der Waals surface area contributed by atoms with E-state index in [0.717, 1.165) is 18.1 Å². The first-order valence-electron chi connectivity index (χ1n) is 4.20. The van der Waals surface area contributed by atoms with Gasteiger partial charge >= 0.3 is 0 Å². The second kappa shape index (κ2) is 3.82. The van der Waals surface area contributed by atoms with Crippen molar-refractivity contribution < 1.29 is 0 Å². The summed E-state index contributed by atoms with van der Waals surface area (Å²) in [5.74, 6) is 0. The monoisotopic (exact) mass is 184 g/mol. The highest BCUT2D eigenvalue weighted by Crippen LogP contribution is 2.11. The summed E-state index contributed by atoms with van der Waals surface area (Å²) in [7, 11) is 0. The van der Waals surface area contributed by atoms with Gasteiger partial charge < -0.3 is 10.6 Å². The van der Waals surface area contributed by atoms with E-state index in [9.17, 15) is 0 Å². The summed E-state index contributed by atoms with van der Waals surface area (Å²) < 4.78 is 3.78. The van der Waals surface area contributed by atoms with E-state index in [-0.39, 0.29) is 0 Å². The maximum absolute atomic E-state index is 3.78. The number of hydrogen-bond donors (Lipinski definition) is 2. The SMILES string of the molecule is c1nnsc1NCC1CCCN1. The zero-order valence-electron chi connectivity index (χ0n) is 6.79. The molecule has 1 saturated heterocycles. The minimum Gasteiger partial charge on any atom is -0.373 e. The van der Waals surface area contributed by atoms with Crippen LogP contribution in [0.3, 0.4) is 0 Å². The van der Waals surface area contributed by atoms with E-state index < -0.39 is 0 Å². The first kappa shape index (κ1) is 7.94. The molecule has 66 valence electrons. The molecule has 0 bridgehead atoms. The normalized spacial score (nSPS) is 22.8. The zero-order valence-corrected chi connectivity index (χ0v) is 7.60. The van der Waals surface area contributed by atoms with Gasteiger partial charge in [-0.1, -0.05) is 4.49 Å². The van der Waals surface area contributed by atoms with Gasteiger partial charge in [0.15, 0.2) is 0 Å². The first-order chi connectivity index (χ1) is 5.95. The largest absolute Gasteiger partial charge is 0.373 e. The van der Waals surface area contributed by atoms with E-state index in [1.807, 2.05) is 0 Å². The topological polar surface area (TPSA) is 49.8 Å². The van der Waals surface area contributed by atoms with E-state index >= 15 is 0 Å². The number of nitrogens with zero attached hydrogens (tertiary/aromatic N) is 2. The molecule has 2 heterocycles. The summed E-state index contributed by atoms with van der Waals surface area (Å²) in [5, 5.41) is 11.5. The highest BCUT2D eigenvalue weighted by molar-refractivity contribution is 7.09. The Morgan fingerprint density at radius 2 is 2.75 bits per heavy atom. The van der Waals surface area contributed by atoms with Crippen LogP contribution in [0.4, 0.5) is 5.00 Å². The van der Waals surface area contributed by atoms with Gasteiger partial charge in [0.25, 0.3) is 0 Å². The summed E-state index contributed by atoms with van der Waals surface area (Å²) in [6, 6.07) is 0.632. The van der Waals surface area contributed by atoms with Gasteiger partial charge in [0.1, 0.15) is 5.00 Å². The van der Waals surface area contributed by atoms with Gasteiger partial charge in [0.05, 0.1) is 6.20 Å². The van der Waals surface area contributed by atoms with Crippen molar-refractivity contribution in [2.45, 2.75) is 18.9 Å².